The highest BCUT2D eigenvalue weighted by Crippen LogP contribution is 2.38. The molecule has 0 spiro atoms. The van der Waals surface area contributed by atoms with Gasteiger partial charge in [0, 0.05) is 8.95 Å². The van der Waals surface area contributed by atoms with Crippen LogP contribution in [0.5, 0.6) is 0 Å². The van der Waals surface area contributed by atoms with Gasteiger partial charge in [-0.1, -0.05) is 37.9 Å². The lowest BCUT2D eigenvalue weighted by Gasteiger charge is -2.16. The molecule has 0 aromatic heterocycles. The van der Waals surface area contributed by atoms with E-state index in [0.717, 1.165) is 31.2 Å². The zero-order valence-corrected chi connectivity index (χ0v) is 14.4. The summed E-state index contributed by atoms with van der Waals surface area (Å²) in [7, 11) is 0. The third kappa shape index (κ3) is 3.21. The first kappa shape index (κ1) is 15.0. The van der Waals surface area contributed by atoms with Crippen LogP contribution >= 0.6 is 43.5 Å². The van der Waals surface area contributed by atoms with E-state index in [2.05, 4.69) is 31.9 Å². The van der Waals surface area contributed by atoms with Gasteiger partial charge in [0.25, 0.3) is 0 Å². The largest absolute Gasteiger partial charge is 0.207 e. The van der Waals surface area contributed by atoms with Crippen LogP contribution in [0.1, 0.15) is 27.6 Å². The van der Waals surface area contributed by atoms with E-state index in [0.29, 0.717) is 0 Å². The molecule has 0 N–H and O–H groups in total. The number of aryl methyl sites for hydroxylation is 2. The predicted octanol–water partition coefficient (Wildman–Crippen LogP) is 6.30. The quantitative estimate of drug-likeness (QED) is 0.514. The fraction of sp³-hybridized carbons (Fsp3) is 0.200. The highest BCUT2D eigenvalue weighted by Gasteiger charge is 2.18. The van der Waals surface area contributed by atoms with E-state index < -0.39 is 0 Å². The Morgan fingerprint density at radius 2 is 1.63 bits per heavy atom. The summed E-state index contributed by atoms with van der Waals surface area (Å²) < 4.78 is 15.3. The molecule has 4 heteroatoms. The molecule has 0 aliphatic carbocycles. The SMILES string of the molecule is Cc1cc(Br)c(C(Cl)c2cc(F)ccc2C)cc1Br. The minimum absolute atomic E-state index is 0.270. The van der Waals surface area contributed by atoms with Gasteiger partial charge in [-0.05, 0) is 60.4 Å². The van der Waals surface area contributed by atoms with Crippen molar-refractivity contribution in [3.8, 4) is 0 Å². The van der Waals surface area contributed by atoms with Crippen molar-refractivity contribution in [2.24, 2.45) is 0 Å². The molecule has 0 radical (unpaired) electrons. The minimum atomic E-state index is -0.387. The molecule has 0 bridgehead atoms. The van der Waals surface area contributed by atoms with E-state index >= 15 is 0 Å². The topological polar surface area (TPSA) is 0 Å². The smallest absolute Gasteiger partial charge is 0.123 e. The molecule has 0 saturated heterocycles. The first-order valence-corrected chi connectivity index (χ1v) is 7.78. The van der Waals surface area contributed by atoms with Crippen molar-refractivity contribution < 1.29 is 4.39 Å². The van der Waals surface area contributed by atoms with Crippen molar-refractivity contribution in [3.63, 3.8) is 0 Å². The summed E-state index contributed by atoms with van der Waals surface area (Å²) >= 11 is 13.5. The second-order valence-corrected chi connectivity index (χ2v) is 6.63. The molecule has 100 valence electrons. The van der Waals surface area contributed by atoms with Crippen LogP contribution in [-0.2, 0) is 0 Å². The molecule has 2 aromatic rings. The Hall–Kier alpha value is -0.380. The molecule has 1 unspecified atom stereocenters. The van der Waals surface area contributed by atoms with Crippen LogP contribution in [0.15, 0.2) is 39.3 Å². The van der Waals surface area contributed by atoms with E-state index in [1.54, 1.807) is 6.07 Å². The Labute approximate surface area is 134 Å². The molecular weight excluding hydrogens is 394 g/mol. The molecule has 0 aliphatic rings. The number of halogens is 4. The lowest BCUT2D eigenvalue weighted by atomic mass is 9.99. The van der Waals surface area contributed by atoms with Gasteiger partial charge in [0.1, 0.15) is 5.82 Å². The van der Waals surface area contributed by atoms with E-state index in [-0.39, 0.29) is 11.2 Å². The Balaban J connectivity index is 2.52. The standard InChI is InChI=1S/C15H12Br2ClF/c1-8-3-4-10(19)6-11(8)15(18)12-7-13(16)9(2)5-14(12)17/h3-7,15H,1-2H3. The highest BCUT2D eigenvalue weighted by atomic mass is 79.9. The van der Waals surface area contributed by atoms with Gasteiger partial charge in [0.05, 0.1) is 5.38 Å². The number of alkyl halides is 1. The normalized spacial score (nSPS) is 12.5. The summed E-state index contributed by atoms with van der Waals surface area (Å²) in [6.07, 6.45) is 0. The van der Waals surface area contributed by atoms with Crippen molar-refractivity contribution in [2.45, 2.75) is 19.2 Å². The Kier molecular flexibility index (Phi) is 4.70. The zero-order chi connectivity index (χ0) is 14.2. The summed E-state index contributed by atoms with van der Waals surface area (Å²) in [6.45, 7) is 3.94. The van der Waals surface area contributed by atoms with E-state index in [9.17, 15) is 4.39 Å². The van der Waals surface area contributed by atoms with Crippen LogP contribution in [0, 0.1) is 19.7 Å². The lowest BCUT2D eigenvalue weighted by Crippen LogP contribution is -1.99. The number of hydrogen-bond acceptors (Lipinski definition) is 0. The van der Waals surface area contributed by atoms with Crippen LogP contribution in [0.4, 0.5) is 4.39 Å². The Morgan fingerprint density at radius 3 is 2.32 bits per heavy atom. The van der Waals surface area contributed by atoms with E-state index in [4.69, 9.17) is 11.6 Å². The maximum absolute atomic E-state index is 13.4. The van der Waals surface area contributed by atoms with Gasteiger partial charge in [0.15, 0.2) is 0 Å². The molecule has 0 amide bonds. The molecule has 0 aliphatic heterocycles. The predicted molar refractivity (Wildman–Crippen MR) is 85.4 cm³/mol. The minimum Gasteiger partial charge on any atom is -0.207 e. The first-order chi connectivity index (χ1) is 8.90. The molecule has 0 saturated carbocycles. The molecule has 1 atom stereocenters. The molecule has 2 rings (SSSR count). The van der Waals surface area contributed by atoms with Gasteiger partial charge in [-0.15, -0.1) is 11.6 Å². The van der Waals surface area contributed by atoms with Crippen molar-refractivity contribution in [2.75, 3.05) is 0 Å². The van der Waals surface area contributed by atoms with Crippen molar-refractivity contribution in [3.05, 3.63) is 67.3 Å². The molecule has 0 heterocycles. The second kappa shape index (κ2) is 5.94. The van der Waals surface area contributed by atoms with Gasteiger partial charge in [-0.25, -0.2) is 4.39 Å². The second-order valence-electron chi connectivity index (χ2n) is 4.49. The zero-order valence-electron chi connectivity index (χ0n) is 10.5. The van der Waals surface area contributed by atoms with Crippen LogP contribution in [0.2, 0.25) is 0 Å². The van der Waals surface area contributed by atoms with Crippen molar-refractivity contribution in [1.82, 2.24) is 0 Å². The fourth-order valence-electron chi connectivity index (χ4n) is 1.91. The summed E-state index contributed by atoms with van der Waals surface area (Å²) in [5, 5.41) is -0.387. The molecule has 2 aromatic carbocycles. The molecule has 0 nitrogen and oxygen atoms in total. The first-order valence-electron chi connectivity index (χ1n) is 5.76. The Morgan fingerprint density at radius 1 is 0.947 bits per heavy atom. The number of benzene rings is 2. The van der Waals surface area contributed by atoms with E-state index in [1.165, 1.54) is 12.1 Å². The van der Waals surface area contributed by atoms with Crippen LogP contribution < -0.4 is 0 Å². The van der Waals surface area contributed by atoms with Crippen LogP contribution in [0.25, 0.3) is 0 Å². The van der Waals surface area contributed by atoms with Crippen LogP contribution in [0.3, 0.4) is 0 Å². The van der Waals surface area contributed by atoms with Gasteiger partial charge in [0.2, 0.25) is 0 Å². The lowest BCUT2D eigenvalue weighted by molar-refractivity contribution is 0.625. The van der Waals surface area contributed by atoms with Crippen molar-refractivity contribution in [1.29, 1.82) is 0 Å². The average Bonchev–Trinajstić information content (AvgIpc) is 2.36. The van der Waals surface area contributed by atoms with Crippen molar-refractivity contribution >= 4 is 43.5 Å². The monoisotopic (exact) mass is 404 g/mol. The summed E-state index contributed by atoms with van der Waals surface area (Å²) in [5.41, 5.74) is 3.81. The number of hydrogen-bond donors (Lipinski definition) is 0. The Bertz CT molecular complexity index is 626. The highest BCUT2D eigenvalue weighted by molar-refractivity contribution is 9.11. The molecule has 19 heavy (non-hydrogen) atoms. The third-order valence-corrected chi connectivity index (χ3v) is 5.08. The van der Waals surface area contributed by atoms with Gasteiger partial charge in [-0.3, -0.25) is 0 Å². The maximum Gasteiger partial charge on any atom is 0.123 e. The fourth-order valence-corrected chi connectivity index (χ4v) is 3.50. The summed E-state index contributed by atoms with van der Waals surface area (Å²) in [4.78, 5) is 0. The van der Waals surface area contributed by atoms with Crippen LogP contribution in [-0.4, -0.2) is 0 Å². The van der Waals surface area contributed by atoms with Gasteiger partial charge in [-0.2, -0.15) is 0 Å². The average molecular weight is 407 g/mol. The molecule has 0 fully saturated rings. The summed E-state index contributed by atoms with van der Waals surface area (Å²) in [5.74, 6) is -0.270. The maximum atomic E-state index is 13.4. The molecular formula is C15H12Br2ClF. The van der Waals surface area contributed by atoms with Gasteiger partial charge < -0.3 is 0 Å². The van der Waals surface area contributed by atoms with E-state index in [1.807, 2.05) is 26.0 Å². The number of rotatable bonds is 2. The summed E-state index contributed by atoms with van der Waals surface area (Å²) in [6, 6.07) is 8.66. The third-order valence-electron chi connectivity index (χ3n) is 3.07. The van der Waals surface area contributed by atoms with Gasteiger partial charge >= 0.3 is 0 Å².